The lowest BCUT2D eigenvalue weighted by molar-refractivity contribution is -0.152. The highest BCUT2D eigenvalue weighted by molar-refractivity contribution is 5.95. The van der Waals surface area contributed by atoms with E-state index in [1.807, 2.05) is 66.7 Å². The summed E-state index contributed by atoms with van der Waals surface area (Å²) in [5.41, 5.74) is 7.12. The molecule has 3 aromatic rings. The lowest BCUT2D eigenvalue weighted by Gasteiger charge is -2.28. The Morgan fingerprint density at radius 2 is 1.61 bits per heavy atom. The number of nitrogens with zero attached hydrogens (tertiary/aromatic N) is 2. The number of hydrazone groups is 1. The number of nitrogens with one attached hydrogen (secondary N) is 2. The minimum atomic E-state index is -0.573. The van der Waals surface area contributed by atoms with Crippen molar-refractivity contribution < 1.29 is 33.9 Å². The Hall–Kier alpha value is -5.29. The summed E-state index contributed by atoms with van der Waals surface area (Å²) in [5, 5.41) is 12.6. The van der Waals surface area contributed by atoms with Gasteiger partial charge in [0.15, 0.2) is 0 Å². The standard InChI is InChI=1S/C38H44N4O7/c43-35(41-47)14-8-3-4-11-25-48-33-23-21-32(22-24-33)38(46)40-39-26-29-17-19-30(20-18-29)27-42-28-34(31-12-6-5-7-13-31)49-37(45)16-10-2-1-9-15-36(42)44/h1-2,5-7,12-13,17-24,26,34,47H,3-4,8-11,14-16,25,27-28H2,(H,40,46)(H,41,43)/b2-1+,39-26+/t34-/m1/s1. The third-order valence-electron chi connectivity index (χ3n) is 7.93. The van der Waals surface area contributed by atoms with Crippen molar-refractivity contribution in [2.75, 3.05) is 13.2 Å². The average molecular weight is 669 g/mol. The number of ether oxygens (including phenoxy) is 2. The molecule has 0 spiro atoms. The number of esters is 1. The smallest absolute Gasteiger partial charge is 0.306 e. The number of hydroxylamine groups is 1. The van der Waals surface area contributed by atoms with E-state index in [0.29, 0.717) is 63.0 Å². The molecule has 0 aliphatic carbocycles. The van der Waals surface area contributed by atoms with Crippen LogP contribution in [0.5, 0.6) is 5.75 Å². The molecule has 0 fully saturated rings. The molecule has 11 heteroatoms. The molecule has 0 bridgehead atoms. The Kier molecular flexibility index (Phi) is 15.0. The molecule has 1 aliphatic rings. The van der Waals surface area contributed by atoms with Crippen LogP contribution in [0.1, 0.15) is 90.9 Å². The van der Waals surface area contributed by atoms with E-state index < -0.39 is 6.10 Å². The summed E-state index contributed by atoms with van der Waals surface area (Å²) in [6, 6.07) is 23.8. The van der Waals surface area contributed by atoms with Crippen molar-refractivity contribution in [1.29, 1.82) is 0 Å². The van der Waals surface area contributed by atoms with E-state index in [-0.39, 0.29) is 30.2 Å². The first-order valence-electron chi connectivity index (χ1n) is 16.7. The molecule has 0 saturated heterocycles. The molecular weight excluding hydrogens is 624 g/mol. The van der Waals surface area contributed by atoms with E-state index in [0.717, 1.165) is 36.0 Å². The predicted molar refractivity (Wildman–Crippen MR) is 185 cm³/mol. The first-order valence-corrected chi connectivity index (χ1v) is 16.7. The van der Waals surface area contributed by atoms with Crippen molar-refractivity contribution in [1.82, 2.24) is 15.8 Å². The van der Waals surface area contributed by atoms with Gasteiger partial charge in [0.1, 0.15) is 11.9 Å². The number of rotatable bonds is 14. The highest BCUT2D eigenvalue weighted by Crippen LogP contribution is 2.23. The van der Waals surface area contributed by atoms with E-state index in [1.54, 1.807) is 40.9 Å². The van der Waals surface area contributed by atoms with Gasteiger partial charge in [-0.1, -0.05) is 79.6 Å². The first-order chi connectivity index (χ1) is 23.9. The molecule has 3 N–H and O–H groups in total. The topological polar surface area (TPSA) is 147 Å². The van der Waals surface area contributed by atoms with Gasteiger partial charge in [-0.2, -0.15) is 5.10 Å². The normalized spacial score (nSPS) is 16.3. The van der Waals surface area contributed by atoms with E-state index in [9.17, 15) is 19.2 Å². The molecule has 4 rings (SSSR count). The maximum Gasteiger partial charge on any atom is 0.306 e. The maximum atomic E-state index is 13.3. The summed E-state index contributed by atoms with van der Waals surface area (Å²) in [6.07, 6.45) is 10.3. The van der Waals surface area contributed by atoms with E-state index in [2.05, 4.69) is 10.5 Å². The van der Waals surface area contributed by atoms with Crippen LogP contribution < -0.4 is 15.6 Å². The molecule has 1 atom stereocenters. The van der Waals surface area contributed by atoms with Crippen LogP contribution in [-0.4, -0.2) is 53.2 Å². The molecule has 11 nitrogen and oxygen atoms in total. The third kappa shape index (κ3) is 13.0. The van der Waals surface area contributed by atoms with Crippen LogP contribution in [0.2, 0.25) is 0 Å². The molecule has 1 aliphatic heterocycles. The minimum absolute atomic E-state index is 0.0193. The quantitative estimate of drug-likeness (QED) is 0.0475. The van der Waals surface area contributed by atoms with Gasteiger partial charge in [0.2, 0.25) is 11.8 Å². The summed E-state index contributed by atoms with van der Waals surface area (Å²) in [7, 11) is 0. The molecule has 0 aromatic heterocycles. The Bertz CT molecular complexity index is 1560. The Balaban J connectivity index is 1.27. The lowest BCUT2D eigenvalue weighted by Crippen LogP contribution is -2.35. The second-order valence-corrected chi connectivity index (χ2v) is 11.7. The number of hydrogen-bond donors (Lipinski definition) is 3. The summed E-state index contributed by atoms with van der Waals surface area (Å²) < 4.78 is 11.6. The molecule has 0 saturated carbocycles. The van der Waals surface area contributed by atoms with Crippen LogP contribution in [0, 0.1) is 0 Å². The number of benzene rings is 3. The van der Waals surface area contributed by atoms with Gasteiger partial charge in [-0.05, 0) is 66.6 Å². The fourth-order valence-electron chi connectivity index (χ4n) is 5.20. The third-order valence-corrected chi connectivity index (χ3v) is 7.93. The van der Waals surface area contributed by atoms with Gasteiger partial charge < -0.3 is 14.4 Å². The molecule has 258 valence electrons. The predicted octanol–water partition coefficient (Wildman–Crippen LogP) is 6.03. The second kappa shape index (κ2) is 20.2. The van der Waals surface area contributed by atoms with E-state index >= 15 is 0 Å². The monoisotopic (exact) mass is 668 g/mol. The Morgan fingerprint density at radius 3 is 2.35 bits per heavy atom. The van der Waals surface area contributed by atoms with Crippen LogP contribution in [0.15, 0.2) is 96.1 Å². The first kappa shape index (κ1) is 36.5. The zero-order chi connectivity index (χ0) is 34.7. The molecule has 0 radical (unpaired) electrons. The summed E-state index contributed by atoms with van der Waals surface area (Å²) in [5.74, 6) is -0.392. The molecule has 3 amide bonds. The van der Waals surface area contributed by atoms with Gasteiger partial charge in [-0.3, -0.25) is 24.4 Å². The molecule has 1 heterocycles. The lowest BCUT2D eigenvalue weighted by atomic mass is 10.1. The zero-order valence-corrected chi connectivity index (χ0v) is 27.6. The van der Waals surface area contributed by atoms with Crippen LogP contribution in [0.25, 0.3) is 0 Å². The van der Waals surface area contributed by atoms with Gasteiger partial charge >= 0.3 is 5.97 Å². The molecule has 49 heavy (non-hydrogen) atoms. The number of amides is 3. The number of allylic oxidation sites excluding steroid dienone is 2. The largest absolute Gasteiger partial charge is 0.494 e. The average Bonchev–Trinajstić information content (AvgIpc) is 3.12. The van der Waals surface area contributed by atoms with E-state index in [1.165, 1.54) is 0 Å². The van der Waals surface area contributed by atoms with Crippen LogP contribution in [-0.2, 0) is 25.7 Å². The van der Waals surface area contributed by atoms with Gasteiger partial charge in [0.25, 0.3) is 5.91 Å². The highest BCUT2D eigenvalue weighted by atomic mass is 16.5. The minimum Gasteiger partial charge on any atom is -0.494 e. The highest BCUT2D eigenvalue weighted by Gasteiger charge is 2.24. The van der Waals surface area contributed by atoms with Gasteiger partial charge in [0.05, 0.1) is 19.4 Å². The van der Waals surface area contributed by atoms with Crippen LogP contribution in [0.3, 0.4) is 0 Å². The Labute approximate surface area is 286 Å². The van der Waals surface area contributed by atoms with Gasteiger partial charge in [-0.25, -0.2) is 10.9 Å². The van der Waals surface area contributed by atoms with Crippen molar-refractivity contribution >= 4 is 29.9 Å². The van der Waals surface area contributed by atoms with Gasteiger partial charge in [-0.15, -0.1) is 0 Å². The van der Waals surface area contributed by atoms with Crippen molar-refractivity contribution in [2.45, 2.75) is 70.4 Å². The zero-order valence-electron chi connectivity index (χ0n) is 27.6. The second-order valence-electron chi connectivity index (χ2n) is 11.7. The number of hydrogen-bond acceptors (Lipinski definition) is 8. The molecule has 0 unspecified atom stereocenters. The summed E-state index contributed by atoms with van der Waals surface area (Å²) >= 11 is 0. The number of carbonyl (C=O) groups is 4. The Morgan fingerprint density at radius 1 is 0.898 bits per heavy atom. The number of carbonyl (C=O) groups excluding carboxylic acids is 4. The van der Waals surface area contributed by atoms with Crippen molar-refractivity contribution in [3.05, 3.63) is 113 Å². The fourth-order valence-corrected chi connectivity index (χ4v) is 5.20. The maximum absolute atomic E-state index is 13.3. The molecular formula is C38H44N4O7. The van der Waals surface area contributed by atoms with Crippen molar-refractivity contribution in [2.24, 2.45) is 5.10 Å². The van der Waals surface area contributed by atoms with Crippen LogP contribution in [0.4, 0.5) is 0 Å². The number of cyclic esters (lactones) is 1. The van der Waals surface area contributed by atoms with Crippen molar-refractivity contribution in [3.63, 3.8) is 0 Å². The van der Waals surface area contributed by atoms with E-state index in [4.69, 9.17) is 14.7 Å². The van der Waals surface area contributed by atoms with Crippen molar-refractivity contribution in [3.8, 4) is 5.75 Å². The summed E-state index contributed by atoms with van der Waals surface area (Å²) in [6.45, 7) is 1.12. The fraction of sp³-hybridized carbons (Fsp3) is 0.342. The summed E-state index contributed by atoms with van der Waals surface area (Å²) in [4.78, 5) is 51.2. The van der Waals surface area contributed by atoms with Crippen LogP contribution >= 0.6 is 0 Å². The van der Waals surface area contributed by atoms with Gasteiger partial charge in [0, 0.05) is 31.4 Å². The number of unbranched alkanes of at least 4 members (excludes halogenated alkanes) is 3. The SMILES string of the molecule is O=C(CCCCCCOc1ccc(C(=O)N/N=C/c2ccc(CN3C[C@H](c4ccccc4)OC(=O)CC/C=C/CCC3=O)cc2)cc1)NO. The molecule has 3 aromatic carbocycles.